The molecule has 3 aromatic rings. The highest BCUT2D eigenvalue weighted by atomic mass is 32.2. The van der Waals surface area contributed by atoms with E-state index in [2.05, 4.69) is 10.2 Å². The minimum atomic E-state index is -1.15. The van der Waals surface area contributed by atoms with E-state index in [0.717, 1.165) is 11.8 Å². The molecule has 1 aromatic carbocycles. The van der Waals surface area contributed by atoms with Crippen LogP contribution < -0.4 is 0 Å². The third-order valence-corrected chi connectivity index (χ3v) is 4.48. The summed E-state index contributed by atoms with van der Waals surface area (Å²) in [5.74, 6) is -0.356. The molecule has 9 heteroatoms. The van der Waals surface area contributed by atoms with Gasteiger partial charge in [0.1, 0.15) is 16.4 Å². The quantitative estimate of drug-likeness (QED) is 0.358. The lowest BCUT2D eigenvalue weighted by Crippen LogP contribution is -2.00. The summed E-state index contributed by atoms with van der Waals surface area (Å²) < 4.78 is 15.8. The minimum absolute atomic E-state index is 0.0319. The van der Waals surface area contributed by atoms with Crippen molar-refractivity contribution in [1.82, 2.24) is 10.2 Å². The summed E-state index contributed by atoms with van der Waals surface area (Å²) in [6, 6.07) is 10.1. The number of furan rings is 1. The van der Waals surface area contributed by atoms with Gasteiger partial charge in [-0.1, -0.05) is 19.1 Å². The van der Waals surface area contributed by atoms with Gasteiger partial charge in [0.2, 0.25) is 5.89 Å². The Morgan fingerprint density at radius 1 is 1.21 bits per heavy atom. The van der Waals surface area contributed by atoms with Crippen molar-refractivity contribution < 1.29 is 28.3 Å². The smallest absolute Gasteiger partial charge is 0.342 e. The lowest BCUT2D eigenvalue weighted by molar-refractivity contribution is -0.131. The largest absolute Gasteiger partial charge is 0.477 e. The molecule has 0 bridgehead atoms. The number of carbonyl (C=O) groups excluding carboxylic acids is 1. The van der Waals surface area contributed by atoms with Crippen molar-refractivity contribution in [1.29, 1.82) is 0 Å². The van der Waals surface area contributed by atoms with E-state index in [4.69, 9.17) is 13.6 Å². The maximum absolute atomic E-state index is 11.7. The van der Waals surface area contributed by atoms with Gasteiger partial charge in [0.25, 0.3) is 5.22 Å². The number of hydrogen-bond donors (Lipinski definition) is 1. The lowest BCUT2D eigenvalue weighted by atomic mass is 10.1. The normalized spacial score (nSPS) is 11.4. The first kappa shape index (κ1) is 19.4. The molecule has 0 fully saturated rings. The molecule has 0 saturated carbocycles. The van der Waals surface area contributed by atoms with Crippen molar-refractivity contribution in [3.63, 3.8) is 0 Å². The Bertz CT molecular complexity index is 1040. The highest BCUT2D eigenvalue weighted by molar-refractivity contribution is 8.03. The van der Waals surface area contributed by atoms with E-state index in [9.17, 15) is 14.7 Å². The number of carboxylic acid groups (broad SMARTS) is 1. The standard InChI is InChI=1S/C19H16N2O6S/c1-3-16-20-21-19(27-16)28-15(17(22)23)10-13-7-8-14(26-13)11-5-4-6-12(9-11)18(24)25-2/h4-10H,3H2,1-2H3,(H,22,23)/b15-10+. The Kier molecular flexibility index (Phi) is 5.95. The Labute approximate surface area is 164 Å². The van der Waals surface area contributed by atoms with Crippen LogP contribution in [0.3, 0.4) is 0 Å². The number of rotatable bonds is 7. The molecule has 144 valence electrons. The monoisotopic (exact) mass is 400 g/mol. The highest BCUT2D eigenvalue weighted by Gasteiger charge is 2.16. The predicted molar refractivity (Wildman–Crippen MR) is 101 cm³/mol. The maximum atomic E-state index is 11.7. The van der Waals surface area contributed by atoms with E-state index in [-0.39, 0.29) is 10.1 Å². The van der Waals surface area contributed by atoms with E-state index in [1.165, 1.54) is 13.2 Å². The van der Waals surface area contributed by atoms with Crippen LogP contribution in [-0.2, 0) is 16.0 Å². The van der Waals surface area contributed by atoms with Crippen LogP contribution >= 0.6 is 11.8 Å². The average molecular weight is 400 g/mol. The number of ether oxygens (including phenoxy) is 1. The van der Waals surface area contributed by atoms with Gasteiger partial charge in [0.15, 0.2) is 0 Å². The van der Waals surface area contributed by atoms with E-state index in [1.807, 2.05) is 6.92 Å². The van der Waals surface area contributed by atoms with Gasteiger partial charge in [0.05, 0.1) is 12.7 Å². The summed E-state index contributed by atoms with van der Waals surface area (Å²) in [5.41, 5.74) is 1.05. The molecular formula is C19H16N2O6S. The van der Waals surface area contributed by atoms with Crippen molar-refractivity contribution in [2.24, 2.45) is 0 Å². The summed E-state index contributed by atoms with van der Waals surface area (Å²) in [5, 5.41) is 17.2. The van der Waals surface area contributed by atoms with Gasteiger partial charge < -0.3 is 18.7 Å². The van der Waals surface area contributed by atoms with Crippen LogP contribution in [0.1, 0.15) is 28.9 Å². The predicted octanol–water partition coefficient (Wildman–Crippen LogP) is 3.90. The molecular weight excluding hydrogens is 384 g/mol. The summed E-state index contributed by atoms with van der Waals surface area (Å²) in [4.78, 5) is 23.2. The molecule has 2 heterocycles. The van der Waals surface area contributed by atoms with Crippen LogP contribution in [0.5, 0.6) is 0 Å². The van der Waals surface area contributed by atoms with Gasteiger partial charge in [-0.25, -0.2) is 9.59 Å². The fourth-order valence-electron chi connectivity index (χ4n) is 2.28. The second-order valence-electron chi connectivity index (χ2n) is 5.51. The zero-order valence-corrected chi connectivity index (χ0v) is 15.9. The third-order valence-electron chi connectivity index (χ3n) is 3.63. The lowest BCUT2D eigenvalue weighted by Gasteiger charge is -2.01. The van der Waals surface area contributed by atoms with Crippen LogP contribution in [-0.4, -0.2) is 34.4 Å². The first-order valence-corrected chi connectivity index (χ1v) is 9.05. The van der Waals surface area contributed by atoms with Crippen LogP contribution in [0.25, 0.3) is 17.4 Å². The second-order valence-corrected chi connectivity index (χ2v) is 6.50. The molecule has 3 rings (SSSR count). The van der Waals surface area contributed by atoms with Gasteiger partial charge in [-0.15, -0.1) is 10.2 Å². The molecule has 0 spiro atoms. The average Bonchev–Trinajstić information content (AvgIpc) is 3.36. The number of hydrogen-bond acceptors (Lipinski definition) is 8. The van der Waals surface area contributed by atoms with Gasteiger partial charge >= 0.3 is 11.9 Å². The molecule has 8 nitrogen and oxygen atoms in total. The van der Waals surface area contributed by atoms with Gasteiger partial charge in [-0.05, 0) is 36.0 Å². The van der Waals surface area contributed by atoms with E-state index in [0.29, 0.717) is 35.0 Å². The van der Waals surface area contributed by atoms with Crippen molar-refractivity contribution in [2.45, 2.75) is 18.6 Å². The first-order chi connectivity index (χ1) is 13.5. The maximum Gasteiger partial charge on any atom is 0.342 e. The van der Waals surface area contributed by atoms with Crippen LogP contribution in [0.2, 0.25) is 0 Å². The Morgan fingerprint density at radius 2 is 2.04 bits per heavy atom. The first-order valence-electron chi connectivity index (χ1n) is 8.24. The second kappa shape index (κ2) is 8.57. The summed E-state index contributed by atoms with van der Waals surface area (Å²) >= 11 is 0.842. The molecule has 1 N–H and O–H groups in total. The number of thioether (sulfide) groups is 1. The molecule has 0 radical (unpaired) electrons. The fourth-order valence-corrected chi connectivity index (χ4v) is 2.95. The van der Waals surface area contributed by atoms with Crippen molar-refractivity contribution in [3.8, 4) is 11.3 Å². The molecule has 0 unspecified atom stereocenters. The van der Waals surface area contributed by atoms with Gasteiger partial charge in [0, 0.05) is 18.1 Å². The molecule has 0 atom stereocenters. The molecule has 0 amide bonds. The van der Waals surface area contributed by atoms with Gasteiger partial charge in [-0.2, -0.15) is 0 Å². The number of nitrogens with zero attached hydrogens (tertiary/aromatic N) is 2. The Balaban J connectivity index is 1.85. The number of benzene rings is 1. The van der Waals surface area contributed by atoms with Crippen LogP contribution in [0, 0.1) is 0 Å². The zero-order valence-electron chi connectivity index (χ0n) is 15.0. The van der Waals surface area contributed by atoms with E-state index >= 15 is 0 Å². The van der Waals surface area contributed by atoms with E-state index in [1.54, 1.807) is 36.4 Å². The minimum Gasteiger partial charge on any atom is -0.477 e. The number of carbonyl (C=O) groups is 2. The molecule has 0 aliphatic carbocycles. The zero-order chi connectivity index (χ0) is 20.1. The summed E-state index contributed by atoms with van der Waals surface area (Å²) in [6.07, 6.45) is 1.93. The molecule has 0 saturated heterocycles. The Hall–Kier alpha value is -3.33. The van der Waals surface area contributed by atoms with Crippen LogP contribution in [0.4, 0.5) is 0 Å². The fraction of sp³-hybridized carbons (Fsp3) is 0.158. The summed E-state index contributed by atoms with van der Waals surface area (Å²) in [6.45, 7) is 1.86. The van der Waals surface area contributed by atoms with Crippen molar-refractivity contribution in [2.75, 3.05) is 7.11 Å². The Morgan fingerprint density at radius 3 is 2.71 bits per heavy atom. The molecule has 28 heavy (non-hydrogen) atoms. The number of methoxy groups -OCH3 is 1. The SMILES string of the molecule is CCc1nnc(S/C(=C/c2ccc(-c3cccc(C(=O)OC)c3)o2)C(=O)O)o1. The van der Waals surface area contributed by atoms with Gasteiger partial charge in [-0.3, -0.25) is 0 Å². The highest BCUT2D eigenvalue weighted by Crippen LogP contribution is 2.30. The molecule has 0 aliphatic heterocycles. The number of aryl methyl sites for hydroxylation is 1. The van der Waals surface area contributed by atoms with Crippen molar-refractivity contribution >= 4 is 29.8 Å². The van der Waals surface area contributed by atoms with E-state index < -0.39 is 11.9 Å². The molecule has 2 aromatic heterocycles. The third kappa shape index (κ3) is 4.49. The summed E-state index contributed by atoms with van der Waals surface area (Å²) in [7, 11) is 1.31. The number of esters is 1. The van der Waals surface area contributed by atoms with Crippen LogP contribution in [0.15, 0.2) is 55.4 Å². The number of carboxylic acids is 1. The van der Waals surface area contributed by atoms with Crippen molar-refractivity contribution in [3.05, 3.63) is 58.5 Å². The topological polar surface area (TPSA) is 116 Å². The number of aromatic nitrogens is 2. The molecule has 0 aliphatic rings. The number of aliphatic carboxylic acids is 1.